The van der Waals surface area contributed by atoms with Gasteiger partial charge in [-0.15, -0.1) is 0 Å². The molecular weight excluding hydrogens is 295 g/mol. The molecule has 0 saturated heterocycles. The summed E-state index contributed by atoms with van der Waals surface area (Å²) in [4.78, 5) is 0. The molecule has 2 saturated carbocycles. The molecule has 2 fully saturated rings. The molecule has 2 aromatic rings. The van der Waals surface area contributed by atoms with Gasteiger partial charge in [0.1, 0.15) is 0 Å². The zero-order valence-electron chi connectivity index (χ0n) is 13.9. The highest BCUT2D eigenvalue weighted by Gasteiger charge is 2.39. The molecule has 0 heterocycles. The number of hydrogen-bond donors (Lipinski definition) is 0. The average molecular weight is 322 g/mol. The van der Waals surface area contributed by atoms with Crippen molar-refractivity contribution in [1.82, 2.24) is 0 Å². The second-order valence-electron chi connectivity index (χ2n) is 7.25. The lowest BCUT2D eigenvalue weighted by atomic mass is 9.89. The molecule has 1 heteroatoms. The van der Waals surface area contributed by atoms with E-state index in [0.717, 1.165) is 17.5 Å². The van der Waals surface area contributed by atoms with Crippen LogP contribution in [0.3, 0.4) is 0 Å². The van der Waals surface area contributed by atoms with E-state index in [4.69, 9.17) is 0 Å². The summed E-state index contributed by atoms with van der Waals surface area (Å²) in [6.45, 7) is 0. The standard InChI is InChI=1S/C22H27P/c1-3-12-19(13-4-1)23(20-14-5-2-6-15-20)22-17-9-16-21(22)18-10-7-8-11-18/h1-6,12-15,18,21-22H,7-11,16-17H2/t21-,22?/m1/s1. The molecule has 4 rings (SSSR count). The number of benzene rings is 2. The molecule has 0 spiro atoms. The molecular formula is C22H27P. The largest absolute Gasteiger partial charge is 0.0622 e. The fourth-order valence-corrected chi connectivity index (χ4v) is 8.20. The van der Waals surface area contributed by atoms with E-state index in [9.17, 15) is 0 Å². The van der Waals surface area contributed by atoms with Gasteiger partial charge in [0.2, 0.25) is 0 Å². The van der Waals surface area contributed by atoms with Crippen LogP contribution in [0.25, 0.3) is 0 Å². The van der Waals surface area contributed by atoms with Gasteiger partial charge in [-0.3, -0.25) is 0 Å². The van der Waals surface area contributed by atoms with Crippen molar-refractivity contribution in [2.45, 2.75) is 50.6 Å². The second kappa shape index (κ2) is 7.18. The quantitative estimate of drug-likeness (QED) is 0.654. The van der Waals surface area contributed by atoms with Crippen molar-refractivity contribution in [2.75, 3.05) is 0 Å². The van der Waals surface area contributed by atoms with Crippen LogP contribution in [0, 0.1) is 11.8 Å². The first-order valence-corrected chi connectivity index (χ1v) is 10.7. The SMILES string of the molecule is c1ccc(P(c2ccccc2)C2CCC[C@@H]2C2CCCC2)cc1. The van der Waals surface area contributed by atoms with Crippen LogP contribution < -0.4 is 10.6 Å². The lowest BCUT2D eigenvalue weighted by molar-refractivity contribution is 0.352. The molecule has 0 amide bonds. The predicted octanol–water partition coefficient (Wildman–Crippen LogP) is 5.48. The van der Waals surface area contributed by atoms with Crippen molar-refractivity contribution in [3.63, 3.8) is 0 Å². The first-order valence-electron chi connectivity index (χ1n) is 9.33. The Labute approximate surface area is 142 Å². The summed E-state index contributed by atoms with van der Waals surface area (Å²) in [5.74, 6) is 1.99. The van der Waals surface area contributed by atoms with E-state index in [1.807, 2.05) is 0 Å². The number of rotatable bonds is 4. The Kier molecular flexibility index (Phi) is 4.81. The van der Waals surface area contributed by atoms with Gasteiger partial charge in [-0.05, 0) is 48.9 Å². The summed E-state index contributed by atoms with van der Waals surface area (Å²) in [7, 11) is -0.207. The van der Waals surface area contributed by atoms with Gasteiger partial charge in [0.15, 0.2) is 0 Å². The Morgan fingerprint density at radius 1 is 0.609 bits per heavy atom. The zero-order chi connectivity index (χ0) is 15.5. The summed E-state index contributed by atoms with van der Waals surface area (Å²) in [5.41, 5.74) is 0.901. The maximum Gasteiger partial charge on any atom is -0.00978 e. The highest BCUT2D eigenvalue weighted by atomic mass is 31.1. The van der Waals surface area contributed by atoms with E-state index in [2.05, 4.69) is 60.7 Å². The normalized spacial score (nSPS) is 25.3. The third-order valence-electron chi connectivity index (χ3n) is 5.94. The van der Waals surface area contributed by atoms with Crippen molar-refractivity contribution in [2.24, 2.45) is 11.8 Å². The molecule has 0 nitrogen and oxygen atoms in total. The minimum atomic E-state index is -0.207. The van der Waals surface area contributed by atoms with Gasteiger partial charge >= 0.3 is 0 Å². The molecule has 2 aliphatic rings. The Morgan fingerprint density at radius 3 is 1.74 bits per heavy atom. The highest BCUT2D eigenvalue weighted by molar-refractivity contribution is 7.73. The molecule has 2 aromatic carbocycles. The van der Waals surface area contributed by atoms with Crippen LogP contribution in [0.4, 0.5) is 0 Å². The minimum absolute atomic E-state index is 0.207. The smallest absolute Gasteiger partial charge is 0.00978 e. The fourth-order valence-electron chi connectivity index (χ4n) is 4.93. The van der Waals surface area contributed by atoms with Crippen LogP contribution in [-0.4, -0.2) is 5.66 Å². The van der Waals surface area contributed by atoms with Gasteiger partial charge in [-0.25, -0.2) is 0 Å². The molecule has 23 heavy (non-hydrogen) atoms. The van der Waals surface area contributed by atoms with Crippen molar-refractivity contribution < 1.29 is 0 Å². The third-order valence-corrected chi connectivity index (χ3v) is 8.95. The molecule has 120 valence electrons. The van der Waals surface area contributed by atoms with E-state index in [-0.39, 0.29) is 7.92 Å². The lowest BCUT2D eigenvalue weighted by Gasteiger charge is -2.33. The van der Waals surface area contributed by atoms with E-state index in [1.54, 1.807) is 10.6 Å². The summed E-state index contributed by atoms with van der Waals surface area (Å²) in [5, 5.41) is 3.17. The fraction of sp³-hybridized carbons (Fsp3) is 0.455. The van der Waals surface area contributed by atoms with Crippen LogP contribution >= 0.6 is 7.92 Å². The summed E-state index contributed by atoms with van der Waals surface area (Å²) >= 11 is 0. The molecule has 2 atom stereocenters. The van der Waals surface area contributed by atoms with Crippen LogP contribution in [0.15, 0.2) is 60.7 Å². The second-order valence-corrected chi connectivity index (χ2v) is 9.68. The van der Waals surface area contributed by atoms with Crippen molar-refractivity contribution in [1.29, 1.82) is 0 Å². The molecule has 0 aromatic heterocycles. The summed E-state index contributed by atoms with van der Waals surface area (Å²) < 4.78 is 0. The first-order chi connectivity index (χ1) is 11.4. The third kappa shape index (κ3) is 3.24. The topological polar surface area (TPSA) is 0 Å². The maximum absolute atomic E-state index is 2.38. The van der Waals surface area contributed by atoms with Crippen LogP contribution in [-0.2, 0) is 0 Å². The molecule has 2 aliphatic carbocycles. The van der Waals surface area contributed by atoms with Crippen molar-refractivity contribution in [3.05, 3.63) is 60.7 Å². The summed E-state index contributed by atoms with van der Waals surface area (Å²) in [6, 6.07) is 22.7. The first kappa shape index (κ1) is 15.4. The van der Waals surface area contributed by atoms with E-state index in [1.165, 1.54) is 44.9 Å². The molecule has 1 unspecified atom stereocenters. The Morgan fingerprint density at radius 2 is 1.17 bits per heavy atom. The zero-order valence-corrected chi connectivity index (χ0v) is 14.8. The highest BCUT2D eigenvalue weighted by Crippen LogP contribution is 2.54. The minimum Gasteiger partial charge on any atom is -0.0622 e. The van der Waals surface area contributed by atoms with E-state index in [0.29, 0.717) is 0 Å². The van der Waals surface area contributed by atoms with Crippen LogP contribution in [0.1, 0.15) is 44.9 Å². The van der Waals surface area contributed by atoms with Gasteiger partial charge in [0.05, 0.1) is 0 Å². The van der Waals surface area contributed by atoms with E-state index < -0.39 is 0 Å². The van der Waals surface area contributed by atoms with Gasteiger partial charge in [0, 0.05) is 0 Å². The van der Waals surface area contributed by atoms with Crippen LogP contribution in [0.2, 0.25) is 0 Å². The van der Waals surface area contributed by atoms with Gasteiger partial charge in [-0.2, -0.15) is 0 Å². The molecule has 0 bridgehead atoms. The average Bonchev–Trinajstić information content (AvgIpc) is 3.28. The van der Waals surface area contributed by atoms with Gasteiger partial charge in [-0.1, -0.05) is 92.8 Å². The number of hydrogen-bond acceptors (Lipinski definition) is 0. The Balaban J connectivity index is 1.70. The predicted molar refractivity (Wildman–Crippen MR) is 102 cm³/mol. The Hall–Kier alpha value is -1.13. The molecule has 0 N–H and O–H groups in total. The van der Waals surface area contributed by atoms with Crippen molar-refractivity contribution >= 4 is 18.5 Å². The van der Waals surface area contributed by atoms with E-state index >= 15 is 0 Å². The lowest BCUT2D eigenvalue weighted by Crippen LogP contribution is -2.28. The molecule has 0 aliphatic heterocycles. The van der Waals surface area contributed by atoms with Gasteiger partial charge in [0.25, 0.3) is 0 Å². The summed E-state index contributed by atoms with van der Waals surface area (Å²) in [6.07, 6.45) is 10.3. The monoisotopic (exact) mass is 322 g/mol. The van der Waals surface area contributed by atoms with Gasteiger partial charge < -0.3 is 0 Å². The van der Waals surface area contributed by atoms with Crippen molar-refractivity contribution in [3.8, 4) is 0 Å². The maximum atomic E-state index is 2.38. The van der Waals surface area contributed by atoms with Crippen LogP contribution in [0.5, 0.6) is 0 Å². The Bertz CT molecular complexity index is 561. The molecule has 0 radical (unpaired) electrons.